The summed E-state index contributed by atoms with van der Waals surface area (Å²) in [5.74, 6) is 0.108. The number of rotatable bonds is 2. The van der Waals surface area contributed by atoms with Crippen LogP contribution in [-0.2, 0) is 0 Å². The van der Waals surface area contributed by atoms with Gasteiger partial charge in [-0.25, -0.2) is 0 Å². The molecule has 1 aromatic heterocycles. The molecule has 1 aliphatic heterocycles. The number of carbonyl (C=O) groups excluding carboxylic acids is 1. The van der Waals surface area contributed by atoms with Gasteiger partial charge in [-0.1, -0.05) is 48.5 Å². The SMILES string of the molecule is Cc1cc(C(=O)N2CC[C@@H]2c2ccccc2)c2cccc(C)c2n1. The maximum atomic E-state index is 13.2. The first kappa shape index (κ1) is 14.9. The third-order valence-corrected chi connectivity index (χ3v) is 4.86. The third kappa shape index (κ3) is 2.37. The summed E-state index contributed by atoms with van der Waals surface area (Å²) >= 11 is 0. The molecule has 120 valence electrons. The van der Waals surface area contributed by atoms with Crippen LogP contribution >= 0.6 is 0 Å². The number of aromatic nitrogens is 1. The molecule has 24 heavy (non-hydrogen) atoms. The van der Waals surface area contributed by atoms with E-state index in [1.165, 1.54) is 5.56 Å². The lowest BCUT2D eigenvalue weighted by Gasteiger charge is -2.41. The van der Waals surface area contributed by atoms with Gasteiger partial charge in [0.25, 0.3) is 5.91 Å². The summed E-state index contributed by atoms with van der Waals surface area (Å²) in [6.07, 6.45) is 1.02. The van der Waals surface area contributed by atoms with Crippen molar-refractivity contribution in [3.8, 4) is 0 Å². The van der Waals surface area contributed by atoms with Crippen molar-refractivity contribution in [2.75, 3.05) is 6.54 Å². The second-order valence-corrected chi connectivity index (χ2v) is 6.50. The summed E-state index contributed by atoms with van der Waals surface area (Å²) in [5, 5.41) is 0.948. The molecule has 2 aromatic carbocycles. The average molecular weight is 316 g/mol. The van der Waals surface area contributed by atoms with Crippen LogP contribution in [0.5, 0.6) is 0 Å². The first-order valence-corrected chi connectivity index (χ1v) is 8.38. The molecule has 1 saturated heterocycles. The maximum absolute atomic E-state index is 13.2. The Balaban J connectivity index is 1.75. The third-order valence-electron chi connectivity index (χ3n) is 4.86. The molecule has 0 bridgehead atoms. The number of likely N-dealkylation sites (tertiary alicyclic amines) is 1. The van der Waals surface area contributed by atoms with Crippen LogP contribution in [0.15, 0.2) is 54.6 Å². The van der Waals surface area contributed by atoms with E-state index in [9.17, 15) is 4.79 Å². The summed E-state index contributed by atoms with van der Waals surface area (Å²) in [6.45, 7) is 4.81. The van der Waals surface area contributed by atoms with Crippen molar-refractivity contribution in [1.29, 1.82) is 0 Å². The van der Waals surface area contributed by atoms with Gasteiger partial charge in [0.1, 0.15) is 0 Å². The largest absolute Gasteiger partial charge is 0.331 e. The van der Waals surface area contributed by atoms with Crippen LogP contribution in [0.3, 0.4) is 0 Å². The fraction of sp³-hybridized carbons (Fsp3) is 0.238. The molecule has 1 fully saturated rings. The number of nitrogens with zero attached hydrogens (tertiary/aromatic N) is 2. The number of pyridine rings is 1. The van der Waals surface area contributed by atoms with Crippen LogP contribution in [0.4, 0.5) is 0 Å². The Bertz CT molecular complexity index is 918. The molecular formula is C21H20N2O. The van der Waals surface area contributed by atoms with Crippen LogP contribution in [0.25, 0.3) is 10.9 Å². The minimum atomic E-state index is 0.108. The Hall–Kier alpha value is -2.68. The summed E-state index contributed by atoms with van der Waals surface area (Å²) in [4.78, 5) is 19.8. The van der Waals surface area contributed by atoms with Crippen LogP contribution in [0.1, 0.15) is 39.6 Å². The van der Waals surface area contributed by atoms with Gasteiger partial charge in [-0.15, -0.1) is 0 Å². The van der Waals surface area contributed by atoms with Crippen molar-refractivity contribution < 1.29 is 4.79 Å². The number of carbonyl (C=O) groups is 1. The molecule has 0 unspecified atom stereocenters. The van der Waals surface area contributed by atoms with Crippen LogP contribution in [0, 0.1) is 13.8 Å². The molecule has 0 N–H and O–H groups in total. The van der Waals surface area contributed by atoms with Gasteiger partial charge in [0.15, 0.2) is 0 Å². The van der Waals surface area contributed by atoms with Crippen molar-refractivity contribution in [2.45, 2.75) is 26.3 Å². The van der Waals surface area contributed by atoms with E-state index in [0.29, 0.717) is 0 Å². The molecule has 1 atom stereocenters. The number of para-hydroxylation sites is 1. The molecule has 0 radical (unpaired) electrons. The monoisotopic (exact) mass is 316 g/mol. The highest BCUT2D eigenvalue weighted by molar-refractivity contribution is 6.07. The zero-order valence-electron chi connectivity index (χ0n) is 14.0. The van der Waals surface area contributed by atoms with Crippen LogP contribution in [-0.4, -0.2) is 22.3 Å². The van der Waals surface area contributed by atoms with Gasteiger partial charge < -0.3 is 4.90 Å². The lowest BCUT2D eigenvalue weighted by molar-refractivity contribution is 0.0462. The summed E-state index contributed by atoms with van der Waals surface area (Å²) in [7, 11) is 0. The van der Waals surface area contributed by atoms with Crippen molar-refractivity contribution >= 4 is 16.8 Å². The second kappa shape index (κ2) is 5.75. The molecule has 1 amide bonds. The predicted molar refractivity (Wildman–Crippen MR) is 96.1 cm³/mol. The molecular weight excluding hydrogens is 296 g/mol. The minimum Gasteiger partial charge on any atom is -0.331 e. The molecule has 3 heteroatoms. The van der Waals surface area contributed by atoms with E-state index in [4.69, 9.17) is 0 Å². The maximum Gasteiger partial charge on any atom is 0.255 e. The first-order chi connectivity index (χ1) is 11.6. The van der Waals surface area contributed by atoms with Gasteiger partial charge in [-0.2, -0.15) is 0 Å². The Morgan fingerprint density at radius 1 is 1.08 bits per heavy atom. The number of benzene rings is 2. The second-order valence-electron chi connectivity index (χ2n) is 6.50. The molecule has 1 aliphatic rings. The Kier molecular flexibility index (Phi) is 3.57. The molecule has 0 aliphatic carbocycles. The summed E-state index contributed by atoms with van der Waals surface area (Å²) in [5.41, 5.74) is 4.90. The number of hydrogen-bond acceptors (Lipinski definition) is 2. The average Bonchev–Trinajstić information content (AvgIpc) is 2.55. The first-order valence-electron chi connectivity index (χ1n) is 8.38. The van der Waals surface area contributed by atoms with Gasteiger partial charge in [0.05, 0.1) is 17.1 Å². The quantitative estimate of drug-likeness (QED) is 0.700. The topological polar surface area (TPSA) is 33.2 Å². The van der Waals surface area contributed by atoms with Crippen molar-refractivity contribution in [3.05, 3.63) is 77.0 Å². The van der Waals surface area contributed by atoms with E-state index in [1.807, 2.05) is 61.2 Å². The fourth-order valence-corrected chi connectivity index (χ4v) is 3.50. The number of fused-ring (bicyclic) bond motifs is 1. The zero-order valence-corrected chi connectivity index (χ0v) is 14.0. The van der Waals surface area contributed by atoms with Gasteiger partial charge in [0.2, 0.25) is 0 Å². The Morgan fingerprint density at radius 3 is 2.58 bits per heavy atom. The number of hydrogen-bond donors (Lipinski definition) is 0. The number of amides is 1. The molecule has 3 aromatic rings. The zero-order chi connectivity index (χ0) is 16.7. The van der Waals surface area contributed by atoms with Gasteiger partial charge in [0, 0.05) is 17.6 Å². The van der Waals surface area contributed by atoms with Crippen molar-refractivity contribution in [2.24, 2.45) is 0 Å². The Morgan fingerprint density at radius 2 is 1.88 bits per heavy atom. The van der Waals surface area contributed by atoms with E-state index >= 15 is 0 Å². The summed E-state index contributed by atoms with van der Waals surface area (Å²) in [6, 6.07) is 18.4. The lowest BCUT2D eigenvalue weighted by atomic mass is 9.93. The van der Waals surface area contributed by atoms with E-state index in [-0.39, 0.29) is 11.9 Å². The normalized spacial score (nSPS) is 16.9. The Labute approximate surface area is 141 Å². The van der Waals surface area contributed by atoms with Crippen molar-refractivity contribution in [1.82, 2.24) is 9.88 Å². The summed E-state index contributed by atoms with van der Waals surface area (Å²) < 4.78 is 0. The molecule has 4 rings (SSSR count). The predicted octanol–water partition coefficient (Wildman–Crippen LogP) is 4.44. The van der Waals surface area contributed by atoms with E-state index in [2.05, 4.69) is 17.1 Å². The van der Waals surface area contributed by atoms with Gasteiger partial charge in [-0.05, 0) is 37.5 Å². The fourth-order valence-electron chi connectivity index (χ4n) is 3.50. The molecule has 3 nitrogen and oxygen atoms in total. The highest BCUT2D eigenvalue weighted by atomic mass is 16.2. The number of aryl methyl sites for hydroxylation is 2. The smallest absolute Gasteiger partial charge is 0.255 e. The van der Waals surface area contributed by atoms with Gasteiger partial charge in [-0.3, -0.25) is 9.78 Å². The molecule has 0 spiro atoms. The van der Waals surface area contributed by atoms with E-state index in [1.54, 1.807) is 0 Å². The lowest BCUT2D eigenvalue weighted by Crippen LogP contribution is -2.45. The van der Waals surface area contributed by atoms with Gasteiger partial charge >= 0.3 is 0 Å². The van der Waals surface area contributed by atoms with E-state index in [0.717, 1.165) is 40.7 Å². The highest BCUT2D eigenvalue weighted by Crippen LogP contribution is 2.35. The van der Waals surface area contributed by atoms with Crippen LogP contribution < -0.4 is 0 Å². The van der Waals surface area contributed by atoms with Crippen LogP contribution in [0.2, 0.25) is 0 Å². The van der Waals surface area contributed by atoms with E-state index < -0.39 is 0 Å². The molecule has 0 saturated carbocycles. The van der Waals surface area contributed by atoms with Crippen molar-refractivity contribution in [3.63, 3.8) is 0 Å². The minimum absolute atomic E-state index is 0.108. The standard InChI is InChI=1S/C21H20N2O/c1-14-7-6-10-17-18(13-15(2)22-20(14)17)21(24)23-12-11-19(23)16-8-4-3-5-9-16/h3-10,13,19H,11-12H2,1-2H3/t19-/m1/s1. The molecule has 2 heterocycles. The highest BCUT2D eigenvalue weighted by Gasteiger charge is 2.34.